The maximum absolute atomic E-state index is 4.35. The third-order valence-electron chi connectivity index (χ3n) is 2.78. The summed E-state index contributed by atoms with van der Waals surface area (Å²) in [6.07, 6.45) is 7.29. The van der Waals surface area contributed by atoms with E-state index in [2.05, 4.69) is 20.3 Å². The molecule has 0 saturated heterocycles. The van der Waals surface area contributed by atoms with Gasteiger partial charge in [-0.05, 0) is 19.1 Å². The van der Waals surface area contributed by atoms with Gasteiger partial charge in [-0.25, -0.2) is 9.97 Å². The molecule has 3 aromatic rings. The van der Waals surface area contributed by atoms with Crippen LogP contribution in [0.1, 0.15) is 11.4 Å². The highest BCUT2D eigenvalue weighted by Crippen LogP contribution is 2.14. The van der Waals surface area contributed by atoms with E-state index in [9.17, 15) is 0 Å². The third kappa shape index (κ3) is 1.90. The van der Waals surface area contributed by atoms with Crippen LogP contribution in [0.25, 0.3) is 5.65 Å². The highest BCUT2D eigenvalue weighted by Gasteiger charge is 2.05. The number of hydrogen-bond acceptors (Lipinski definition) is 4. The molecule has 0 bridgehead atoms. The van der Waals surface area contributed by atoms with E-state index in [1.165, 1.54) is 0 Å². The van der Waals surface area contributed by atoms with E-state index >= 15 is 0 Å². The third-order valence-corrected chi connectivity index (χ3v) is 2.78. The average Bonchev–Trinajstić information content (AvgIpc) is 2.80. The Bertz CT molecular complexity index is 659. The number of pyridine rings is 1. The van der Waals surface area contributed by atoms with E-state index in [1.54, 1.807) is 12.4 Å². The molecule has 1 N–H and O–H groups in total. The number of aryl methyl sites for hydroxylation is 1. The van der Waals surface area contributed by atoms with Crippen LogP contribution in [-0.2, 0) is 6.54 Å². The number of imidazole rings is 1. The first-order chi connectivity index (χ1) is 8.84. The van der Waals surface area contributed by atoms with Crippen molar-refractivity contribution in [2.24, 2.45) is 0 Å². The molecule has 90 valence electrons. The fourth-order valence-electron chi connectivity index (χ4n) is 1.84. The molecule has 3 aromatic heterocycles. The largest absolute Gasteiger partial charge is 0.361 e. The van der Waals surface area contributed by atoms with Gasteiger partial charge < -0.3 is 5.32 Å². The molecule has 18 heavy (non-hydrogen) atoms. The number of nitrogens with one attached hydrogen (secondary N) is 1. The second-order valence-corrected chi connectivity index (χ2v) is 4.04. The molecule has 5 nitrogen and oxygen atoms in total. The van der Waals surface area contributed by atoms with Crippen LogP contribution in [0.3, 0.4) is 0 Å². The van der Waals surface area contributed by atoms with Crippen molar-refractivity contribution in [3.05, 3.63) is 54.4 Å². The Morgan fingerprint density at radius 3 is 2.94 bits per heavy atom. The first kappa shape index (κ1) is 10.7. The molecule has 0 aromatic carbocycles. The van der Waals surface area contributed by atoms with Crippen LogP contribution < -0.4 is 5.32 Å². The second kappa shape index (κ2) is 4.44. The van der Waals surface area contributed by atoms with Crippen LogP contribution in [0, 0.1) is 6.92 Å². The molecule has 3 rings (SSSR count). The van der Waals surface area contributed by atoms with Crippen molar-refractivity contribution in [1.29, 1.82) is 0 Å². The lowest BCUT2D eigenvalue weighted by atomic mass is 10.3. The summed E-state index contributed by atoms with van der Waals surface area (Å²) in [5, 5.41) is 3.26. The molecule has 0 unspecified atom stereocenters. The van der Waals surface area contributed by atoms with E-state index in [-0.39, 0.29) is 0 Å². The van der Waals surface area contributed by atoms with E-state index < -0.39 is 0 Å². The summed E-state index contributed by atoms with van der Waals surface area (Å²) in [6, 6.07) is 5.85. The molecule has 0 spiro atoms. The molecule has 0 aliphatic heterocycles. The first-order valence-corrected chi connectivity index (χ1v) is 5.77. The predicted molar refractivity (Wildman–Crippen MR) is 69.3 cm³/mol. The van der Waals surface area contributed by atoms with Crippen molar-refractivity contribution in [3.63, 3.8) is 0 Å². The first-order valence-electron chi connectivity index (χ1n) is 5.77. The van der Waals surface area contributed by atoms with Gasteiger partial charge in [0.15, 0.2) is 11.5 Å². The summed E-state index contributed by atoms with van der Waals surface area (Å²) >= 11 is 0. The van der Waals surface area contributed by atoms with Gasteiger partial charge >= 0.3 is 0 Å². The molecule has 5 heteroatoms. The van der Waals surface area contributed by atoms with Crippen molar-refractivity contribution in [1.82, 2.24) is 19.4 Å². The topological polar surface area (TPSA) is 55.1 Å². The molecule has 0 saturated carbocycles. The van der Waals surface area contributed by atoms with E-state index in [1.807, 2.05) is 41.9 Å². The fourth-order valence-corrected chi connectivity index (χ4v) is 1.84. The smallest absolute Gasteiger partial charge is 0.180 e. The summed E-state index contributed by atoms with van der Waals surface area (Å²) < 4.78 is 2.01. The summed E-state index contributed by atoms with van der Waals surface area (Å²) in [4.78, 5) is 12.9. The fraction of sp³-hybridized carbons (Fsp3) is 0.154. The zero-order valence-corrected chi connectivity index (χ0v) is 10.0. The number of aromatic nitrogens is 4. The number of nitrogens with zero attached hydrogens (tertiary/aromatic N) is 4. The number of anilines is 1. The molecule has 0 radical (unpaired) electrons. The van der Waals surface area contributed by atoms with Gasteiger partial charge in [-0.2, -0.15) is 0 Å². The van der Waals surface area contributed by atoms with Gasteiger partial charge in [-0.1, -0.05) is 6.07 Å². The summed E-state index contributed by atoms with van der Waals surface area (Å²) in [5.41, 5.74) is 2.91. The van der Waals surface area contributed by atoms with E-state index in [0.717, 1.165) is 22.9 Å². The molecule has 0 atom stereocenters. The lowest BCUT2D eigenvalue weighted by Gasteiger charge is -2.06. The van der Waals surface area contributed by atoms with Gasteiger partial charge in [0.2, 0.25) is 0 Å². The van der Waals surface area contributed by atoms with Gasteiger partial charge in [0.25, 0.3) is 0 Å². The Morgan fingerprint density at radius 2 is 2.11 bits per heavy atom. The monoisotopic (exact) mass is 239 g/mol. The second-order valence-electron chi connectivity index (χ2n) is 4.04. The lowest BCUT2D eigenvalue weighted by molar-refractivity contribution is 1.01. The summed E-state index contributed by atoms with van der Waals surface area (Å²) in [7, 11) is 0. The molecular formula is C13H13N5. The quantitative estimate of drug-likeness (QED) is 0.760. The van der Waals surface area contributed by atoms with Crippen LogP contribution in [0.4, 0.5) is 5.82 Å². The minimum atomic E-state index is 0.638. The van der Waals surface area contributed by atoms with Crippen LogP contribution in [0.2, 0.25) is 0 Å². The average molecular weight is 239 g/mol. The molecule has 0 aliphatic rings. The van der Waals surface area contributed by atoms with Crippen molar-refractivity contribution in [3.8, 4) is 0 Å². The van der Waals surface area contributed by atoms with Gasteiger partial charge in [0, 0.05) is 30.5 Å². The normalized spacial score (nSPS) is 10.7. The van der Waals surface area contributed by atoms with Crippen molar-refractivity contribution in [2.75, 3.05) is 5.32 Å². The summed E-state index contributed by atoms with van der Waals surface area (Å²) in [5.74, 6) is 0.774. The Kier molecular flexibility index (Phi) is 2.64. The highest BCUT2D eigenvalue weighted by atomic mass is 15.1. The van der Waals surface area contributed by atoms with Gasteiger partial charge in [-0.15, -0.1) is 0 Å². The maximum Gasteiger partial charge on any atom is 0.180 e. The van der Waals surface area contributed by atoms with Gasteiger partial charge in [-0.3, -0.25) is 9.38 Å². The van der Waals surface area contributed by atoms with Crippen molar-refractivity contribution >= 4 is 11.5 Å². The van der Waals surface area contributed by atoms with E-state index in [0.29, 0.717) is 6.54 Å². The molecule has 3 heterocycles. The minimum absolute atomic E-state index is 0.638. The van der Waals surface area contributed by atoms with E-state index in [4.69, 9.17) is 0 Å². The summed E-state index contributed by atoms with van der Waals surface area (Å²) in [6.45, 7) is 2.65. The molecule has 0 aliphatic carbocycles. The Balaban J connectivity index is 1.87. The highest BCUT2D eigenvalue weighted by molar-refractivity contribution is 5.62. The van der Waals surface area contributed by atoms with Crippen LogP contribution in [0.5, 0.6) is 0 Å². The van der Waals surface area contributed by atoms with Gasteiger partial charge in [0.1, 0.15) is 0 Å². The van der Waals surface area contributed by atoms with Crippen molar-refractivity contribution < 1.29 is 0 Å². The SMILES string of the molecule is Cc1cnc2c(NCc3ccccn3)nccn12. The van der Waals surface area contributed by atoms with Crippen LogP contribution in [-0.4, -0.2) is 19.4 Å². The zero-order chi connectivity index (χ0) is 12.4. The minimum Gasteiger partial charge on any atom is -0.361 e. The van der Waals surface area contributed by atoms with Gasteiger partial charge in [0.05, 0.1) is 12.2 Å². The molecular weight excluding hydrogens is 226 g/mol. The zero-order valence-electron chi connectivity index (χ0n) is 10.0. The number of fused-ring (bicyclic) bond motifs is 1. The molecule has 0 fully saturated rings. The Hall–Kier alpha value is -2.43. The number of hydrogen-bond donors (Lipinski definition) is 1. The lowest BCUT2D eigenvalue weighted by Crippen LogP contribution is -2.05. The predicted octanol–water partition coefficient (Wildman–Crippen LogP) is 2.04. The number of rotatable bonds is 3. The van der Waals surface area contributed by atoms with Crippen molar-refractivity contribution in [2.45, 2.75) is 13.5 Å². The van der Waals surface area contributed by atoms with Crippen LogP contribution >= 0.6 is 0 Å². The Morgan fingerprint density at radius 1 is 1.17 bits per heavy atom. The maximum atomic E-state index is 4.35. The Labute approximate surface area is 105 Å². The standard InChI is InChI=1S/C13H13N5/c1-10-8-17-13-12(15-6-7-18(10)13)16-9-11-4-2-3-5-14-11/h2-8H,9H2,1H3,(H,15,16). The molecule has 0 amide bonds. The van der Waals surface area contributed by atoms with Crippen LogP contribution in [0.15, 0.2) is 43.0 Å².